The first-order chi connectivity index (χ1) is 13.5. The van der Waals surface area contributed by atoms with Gasteiger partial charge >= 0.3 is 5.97 Å². The van der Waals surface area contributed by atoms with Crippen LogP contribution in [-0.4, -0.2) is 33.3 Å². The Morgan fingerprint density at radius 3 is 2.25 bits per heavy atom. The maximum absolute atomic E-state index is 12.5. The van der Waals surface area contributed by atoms with Crippen LogP contribution in [-0.2, 0) is 16.0 Å². The number of carbonyl (C=O) groups excluding carboxylic acids is 1. The molecule has 0 saturated heterocycles. The minimum atomic E-state index is -0.962. The van der Waals surface area contributed by atoms with E-state index < -0.39 is 11.9 Å². The largest absolute Gasteiger partial charge is 0.481 e. The van der Waals surface area contributed by atoms with Crippen LogP contribution in [0.3, 0.4) is 0 Å². The molecule has 0 radical (unpaired) electrons. The number of aromatic nitrogens is 2. The highest BCUT2D eigenvalue weighted by Gasteiger charge is 2.21. The number of hydrogen-bond donors (Lipinski definition) is 2. The van der Waals surface area contributed by atoms with E-state index in [-0.39, 0.29) is 18.9 Å². The lowest BCUT2D eigenvalue weighted by molar-refractivity contribution is -0.138. The first-order valence-corrected chi connectivity index (χ1v) is 9.12. The number of carboxylic acid groups (broad SMARTS) is 1. The Hall–Kier alpha value is -3.41. The van der Waals surface area contributed by atoms with Crippen molar-refractivity contribution in [3.63, 3.8) is 0 Å². The zero-order valence-electron chi connectivity index (χ0n) is 15.9. The molecular weight excluding hydrogens is 354 g/mol. The molecule has 6 heteroatoms. The monoisotopic (exact) mass is 377 g/mol. The average molecular weight is 377 g/mol. The zero-order valence-corrected chi connectivity index (χ0v) is 15.9. The van der Waals surface area contributed by atoms with Gasteiger partial charge in [0.05, 0.1) is 23.7 Å². The van der Waals surface area contributed by atoms with Gasteiger partial charge in [-0.2, -0.15) is 5.10 Å². The summed E-state index contributed by atoms with van der Waals surface area (Å²) in [5.41, 5.74) is 4.14. The molecule has 0 unspecified atom stereocenters. The number of amides is 1. The van der Waals surface area contributed by atoms with Crippen molar-refractivity contribution in [3.05, 3.63) is 83.2 Å². The summed E-state index contributed by atoms with van der Waals surface area (Å²) < 4.78 is 1.82. The quantitative estimate of drug-likeness (QED) is 0.663. The number of rotatable bonds is 7. The molecule has 0 aliphatic heterocycles. The Morgan fingerprint density at radius 1 is 1.04 bits per heavy atom. The smallest absolute Gasteiger partial charge is 0.312 e. The zero-order chi connectivity index (χ0) is 20.1. The fourth-order valence-electron chi connectivity index (χ4n) is 3.22. The lowest BCUT2D eigenvalue weighted by Crippen LogP contribution is -2.32. The van der Waals surface area contributed by atoms with Gasteiger partial charge in [0.25, 0.3) is 0 Å². The van der Waals surface area contributed by atoms with Crippen LogP contribution >= 0.6 is 0 Å². The standard InChI is InChI=1S/C22H23N3O3/c1-15-19(16(2)25(24-15)18-11-7-4-8-12-18)13-21(26)23-14-20(22(27)28)17-9-5-3-6-10-17/h3-12,20H,13-14H2,1-2H3,(H,23,26)(H,27,28)/t20-/m0/s1. The number of benzene rings is 2. The highest BCUT2D eigenvalue weighted by atomic mass is 16.4. The SMILES string of the molecule is Cc1nn(-c2ccccc2)c(C)c1CC(=O)NC[C@H](C(=O)O)c1ccccc1. The van der Waals surface area contributed by atoms with Gasteiger partial charge in [-0.05, 0) is 31.5 Å². The summed E-state index contributed by atoms with van der Waals surface area (Å²) >= 11 is 0. The lowest BCUT2D eigenvalue weighted by Gasteiger charge is -2.14. The lowest BCUT2D eigenvalue weighted by atomic mass is 9.99. The molecule has 0 bridgehead atoms. The Bertz CT molecular complexity index is 965. The van der Waals surface area contributed by atoms with E-state index in [1.165, 1.54) is 0 Å². The Morgan fingerprint density at radius 2 is 1.64 bits per heavy atom. The highest BCUT2D eigenvalue weighted by molar-refractivity contribution is 5.81. The normalized spacial score (nSPS) is 11.8. The van der Waals surface area contributed by atoms with Crippen LogP contribution in [0.15, 0.2) is 60.7 Å². The van der Waals surface area contributed by atoms with E-state index in [4.69, 9.17) is 0 Å². The number of aryl methyl sites for hydroxylation is 1. The van der Waals surface area contributed by atoms with E-state index in [0.717, 1.165) is 22.6 Å². The molecule has 28 heavy (non-hydrogen) atoms. The molecule has 3 aromatic rings. The molecule has 1 atom stereocenters. The summed E-state index contributed by atoms with van der Waals surface area (Å²) in [6.07, 6.45) is 0.158. The van der Waals surface area contributed by atoms with Crippen molar-refractivity contribution in [1.82, 2.24) is 15.1 Å². The van der Waals surface area contributed by atoms with E-state index in [0.29, 0.717) is 5.56 Å². The van der Waals surface area contributed by atoms with E-state index >= 15 is 0 Å². The molecule has 1 amide bonds. The summed E-state index contributed by atoms with van der Waals surface area (Å²) in [5.74, 6) is -1.96. The number of carboxylic acids is 1. The van der Waals surface area contributed by atoms with Crippen LogP contribution in [0.5, 0.6) is 0 Å². The molecule has 144 valence electrons. The average Bonchev–Trinajstić information content (AvgIpc) is 2.97. The van der Waals surface area contributed by atoms with Crippen molar-refractivity contribution < 1.29 is 14.7 Å². The molecular formula is C22H23N3O3. The summed E-state index contributed by atoms with van der Waals surface area (Å²) in [6, 6.07) is 18.6. The summed E-state index contributed by atoms with van der Waals surface area (Å²) in [7, 11) is 0. The van der Waals surface area contributed by atoms with Gasteiger partial charge < -0.3 is 10.4 Å². The van der Waals surface area contributed by atoms with E-state index in [1.807, 2.05) is 54.9 Å². The fraction of sp³-hybridized carbons (Fsp3) is 0.227. The Balaban J connectivity index is 1.70. The summed E-state index contributed by atoms with van der Waals surface area (Å²) in [5, 5.41) is 16.8. The number of carbonyl (C=O) groups is 2. The van der Waals surface area contributed by atoms with Crippen molar-refractivity contribution in [3.8, 4) is 5.69 Å². The number of hydrogen-bond acceptors (Lipinski definition) is 3. The number of aliphatic carboxylic acids is 1. The molecule has 6 nitrogen and oxygen atoms in total. The Kier molecular flexibility index (Phi) is 5.89. The molecule has 0 aliphatic carbocycles. The van der Waals surface area contributed by atoms with Crippen molar-refractivity contribution in [2.24, 2.45) is 0 Å². The van der Waals surface area contributed by atoms with Gasteiger partial charge in [-0.15, -0.1) is 0 Å². The topological polar surface area (TPSA) is 84.2 Å². The van der Waals surface area contributed by atoms with Crippen molar-refractivity contribution >= 4 is 11.9 Å². The number of nitrogens with zero attached hydrogens (tertiary/aromatic N) is 2. The second kappa shape index (κ2) is 8.52. The first kappa shape index (κ1) is 19.4. The molecule has 0 spiro atoms. The van der Waals surface area contributed by atoms with Crippen LogP contribution < -0.4 is 5.32 Å². The predicted molar refractivity (Wildman–Crippen MR) is 107 cm³/mol. The van der Waals surface area contributed by atoms with E-state index in [2.05, 4.69) is 10.4 Å². The second-order valence-electron chi connectivity index (χ2n) is 6.68. The molecule has 0 saturated carbocycles. The maximum Gasteiger partial charge on any atom is 0.312 e. The van der Waals surface area contributed by atoms with Crippen LogP contribution in [0, 0.1) is 13.8 Å². The van der Waals surface area contributed by atoms with Gasteiger partial charge in [0.1, 0.15) is 0 Å². The van der Waals surface area contributed by atoms with Gasteiger partial charge in [0, 0.05) is 17.8 Å². The van der Waals surface area contributed by atoms with Gasteiger partial charge in [0.2, 0.25) is 5.91 Å². The van der Waals surface area contributed by atoms with Crippen LogP contribution in [0.1, 0.15) is 28.4 Å². The molecule has 2 N–H and O–H groups in total. The van der Waals surface area contributed by atoms with Gasteiger partial charge in [-0.1, -0.05) is 48.5 Å². The van der Waals surface area contributed by atoms with Gasteiger partial charge in [-0.25, -0.2) is 4.68 Å². The van der Waals surface area contributed by atoms with Crippen LogP contribution in [0.2, 0.25) is 0 Å². The van der Waals surface area contributed by atoms with Gasteiger partial charge in [0.15, 0.2) is 0 Å². The summed E-state index contributed by atoms with van der Waals surface area (Å²) in [6.45, 7) is 3.85. The second-order valence-corrected chi connectivity index (χ2v) is 6.68. The molecule has 0 fully saturated rings. The first-order valence-electron chi connectivity index (χ1n) is 9.12. The Labute approximate surface area is 163 Å². The molecule has 2 aromatic carbocycles. The third-order valence-electron chi connectivity index (χ3n) is 4.78. The maximum atomic E-state index is 12.5. The third kappa shape index (κ3) is 4.28. The third-order valence-corrected chi connectivity index (χ3v) is 4.78. The van der Waals surface area contributed by atoms with Crippen LogP contribution in [0.25, 0.3) is 5.69 Å². The summed E-state index contributed by atoms with van der Waals surface area (Å²) in [4.78, 5) is 24.1. The number of para-hydroxylation sites is 1. The molecule has 1 aromatic heterocycles. The molecule has 3 rings (SSSR count). The number of nitrogens with one attached hydrogen (secondary N) is 1. The van der Waals surface area contributed by atoms with Crippen molar-refractivity contribution in [1.29, 1.82) is 0 Å². The minimum absolute atomic E-state index is 0.0447. The molecule has 1 heterocycles. The van der Waals surface area contributed by atoms with Crippen molar-refractivity contribution in [2.75, 3.05) is 6.54 Å². The fourth-order valence-corrected chi connectivity index (χ4v) is 3.22. The van der Waals surface area contributed by atoms with Crippen molar-refractivity contribution in [2.45, 2.75) is 26.2 Å². The molecule has 0 aliphatic rings. The van der Waals surface area contributed by atoms with E-state index in [9.17, 15) is 14.7 Å². The minimum Gasteiger partial charge on any atom is -0.481 e. The van der Waals surface area contributed by atoms with Crippen LogP contribution in [0.4, 0.5) is 0 Å². The predicted octanol–water partition coefficient (Wildman–Crippen LogP) is 3.02. The highest BCUT2D eigenvalue weighted by Crippen LogP contribution is 2.19. The van der Waals surface area contributed by atoms with Gasteiger partial charge in [-0.3, -0.25) is 9.59 Å². The van der Waals surface area contributed by atoms with E-state index in [1.54, 1.807) is 24.3 Å².